The molecular weight excluding hydrogens is 338 g/mol. The molecule has 0 aliphatic heterocycles. The summed E-state index contributed by atoms with van der Waals surface area (Å²) < 4.78 is 0. The fourth-order valence-electron chi connectivity index (χ4n) is 3.05. The van der Waals surface area contributed by atoms with E-state index in [4.69, 9.17) is 0 Å². The maximum absolute atomic E-state index is 12.6. The Morgan fingerprint density at radius 3 is 2.48 bits per heavy atom. The van der Waals surface area contributed by atoms with Crippen molar-refractivity contribution in [2.45, 2.75) is 39.8 Å². The van der Waals surface area contributed by atoms with Gasteiger partial charge in [0.15, 0.2) is 0 Å². The standard InChI is InChI=1S/C21H25N5O/c1-15(2)13-19(17-10-5-4-6-11-17)22-20(27)14-26-24-21(23-25-26)18-12-8-7-9-16(18)3/h4-12,15,19H,13-14H2,1-3H3,(H,22,27)/t19-/m1/s1. The van der Waals surface area contributed by atoms with Crippen molar-refractivity contribution < 1.29 is 4.79 Å². The van der Waals surface area contributed by atoms with Crippen molar-refractivity contribution in [2.24, 2.45) is 5.92 Å². The minimum Gasteiger partial charge on any atom is -0.348 e. The molecule has 0 aliphatic rings. The van der Waals surface area contributed by atoms with Gasteiger partial charge >= 0.3 is 0 Å². The summed E-state index contributed by atoms with van der Waals surface area (Å²) in [5, 5.41) is 15.6. The minimum absolute atomic E-state index is 0.0296. The number of carbonyl (C=O) groups is 1. The zero-order chi connectivity index (χ0) is 19.2. The highest BCUT2D eigenvalue weighted by atomic mass is 16.2. The summed E-state index contributed by atoms with van der Waals surface area (Å²) in [6, 6.07) is 17.9. The van der Waals surface area contributed by atoms with Gasteiger partial charge in [-0.2, -0.15) is 4.80 Å². The number of rotatable bonds is 7. The first kappa shape index (κ1) is 18.8. The Bertz CT molecular complexity index is 888. The van der Waals surface area contributed by atoms with Crippen LogP contribution in [-0.2, 0) is 11.3 Å². The van der Waals surface area contributed by atoms with Crippen molar-refractivity contribution in [1.29, 1.82) is 0 Å². The number of nitrogens with one attached hydrogen (secondary N) is 1. The predicted molar refractivity (Wildman–Crippen MR) is 105 cm³/mol. The number of nitrogens with zero attached hydrogens (tertiary/aromatic N) is 4. The molecule has 1 N–H and O–H groups in total. The molecule has 6 heteroatoms. The second-order valence-corrected chi connectivity index (χ2v) is 7.12. The smallest absolute Gasteiger partial charge is 0.244 e. The fourth-order valence-corrected chi connectivity index (χ4v) is 3.05. The van der Waals surface area contributed by atoms with Crippen LogP contribution in [0.1, 0.15) is 37.4 Å². The molecule has 0 aliphatic carbocycles. The number of tetrazole rings is 1. The lowest BCUT2D eigenvalue weighted by molar-refractivity contribution is -0.123. The Hall–Kier alpha value is -3.02. The van der Waals surface area contributed by atoms with E-state index in [1.807, 2.05) is 61.5 Å². The van der Waals surface area contributed by atoms with E-state index in [1.54, 1.807) is 0 Å². The Kier molecular flexibility index (Phi) is 5.96. The number of carbonyl (C=O) groups excluding carboxylic acids is 1. The summed E-state index contributed by atoms with van der Waals surface area (Å²) in [7, 11) is 0. The molecule has 1 atom stereocenters. The van der Waals surface area contributed by atoms with Gasteiger partial charge in [-0.15, -0.1) is 10.2 Å². The number of aryl methyl sites for hydroxylation is 1. The van der Waals surface area contributed by atoms with Gasteiger partial charge in [0.1, 0.15) is 6.54 Å². The number of amides is 1. The van der Waals surface area contributed by atoms with Crippen LogP contribution >= 0.6 is 0 Å². The first-order valence-corrected chi connectivity index (χ1v) is 9.21. The SMILES string of the molecule is Cc1ccccc1-c1nnn(CC(=O)N[C@H](CC(C)C)c2ccccc2)n1. The zero-order valence-electron chi connectivity index (χ0n) is 16.0. The van der Waals surface area contributed by atoms with Gasteiger partial charge in [0, 0.05) is 5.56 Å². The van der Waals surface area contributed by atoms with Gasteiger partial charge in [-0.25, -0.2) is 0 Å². The fraction of sp³-hybridized carbons (Fsp3) is 0.333. The largest absolute Gasteiger partial charge is 0.348 e. The molecule has 140 valence electrons. The number of aromatic nitrogens is 4. The molecule has 6 nitrogen and oxygen atoms in total. The second kappa shape index (κ2) is 8.58. The molecule has 1 heterocycles. The molecule has 3 aromatic rings. The number of hydrogen-bond donors (Lipinski definition) is 1. The molecule has 1 amide bonds. The van der Waals surface area contributed by atoms with Gasteiger partial charge in [-0.3, -0.25) is 4.79 Å². The lowest BCUT2D eigenvalue weighted by Crippen LogP contribution is -2.33. The van der Waals surface area contributed by atoms with Crippen LogP contribution in [0.5, 0.6) is 0 Å². The maximum Gasteiger partial charge on any atom is 0.244 e. The monoisotopic (exact) mass is 363 g/mol. The van der Waals surface area contributed by atoms with Crippen molar-refractivity contribution in [3.05, 3.63) is 65.7 Å². The molecule has 0 spiro atoms. The molecule has 0 radical (unpaired) electrons. The lowest BCUT2D eigenvalue weighted by atomic mass is 9.97. The van der Waals surface area contributed by atoms with Crippen molar-refractivity contribution >= 4 is 5.91 Å². The third-order valence-electron chi connectivity index (χ3n) is 4.37. The van der Waals surface area contributed by atoms with Crippen LogP contribution in [0.25, 0.3) is 11.4 Å². The summed E-state index contributed by atoms with van der Waals surface area (Å²) >= 11 is 0. The minimum atomic E-state index is -0.127. The third-order valence-corrected chi connectivity index (χ3v) is 4.37. The second-order valence-electron chi connectivity index (χ2n) is 7.12. The van der Waals surface area contributed by atoms with Crippen LogP contribution in [0.4, 0.5) is 0 Å². The summed E-state index contributed by atoms with van der Waals surface area (Å²) in [6.07, 6.45) is 0.870. The van der Waals surface area contributed by atoms with E-state index in [0.29, 0.717) is 11.7 Å². The van der Waals surface area contributed by atoms with Gasteiger partial charge in [-0.1, -0.05) is 68.4 Å². The van der Waals surface area contributed by atoms with Crippen LogP contribution in [0, 0.1) is 12.8 Å². The topological polar surface area (TPSA) is 72.7 Å². The van der Waals surface area contributed by atoms with Crippen LogP contribution < -0.4 is 5.32 Å². The summed E-state index contributed by atoms with van der Waals surface area (Å²) in [5.74, 6) is 0.869. The first-order chi connectivity index (χ1) is 13.0. The average Bonchev–Trinajstić information content (AvgIpc) is 3.10. The third kappa shape index (κ3) is 5.00. The van der Waals surface area contributed by atoms with Crippen LogP contribution in [0.3, 0.4) is 0 Å². The van der Waals surface area contributed by atoms with Crippen molar-refractivity contribution in [1.82, 2.24) is 25.5 Å². The summed E-state index contributed by atoms with van der Waals surface area (Å²) in [6.45, 7) is 6.34. The molecule has 0 bridgehead atoms. The van der Waals surface area contributed by atoms with Crippen LogP contribution in [0.15, 0.2) is 54.6 Å². The molecule has 3 rings (SSSR count). The molecule has 0 unspecified atom stereocenters. The molecule has 27 heavy (non-hydrogen) atoms. The van der Waals surface area contributed by atoms with E-state index in [0.717, 1.165) is 23.1 Å². The van der Waals surface area contributed by atoms with E-state index in [9.17, 15) is 4.79 Å². The van der Waals surface area contributed by atoms with Crippen molar-refractivity contribution in [3.8, 4) is 11.4 Å². The highest BCUT2D eigenvalue weighted by Gasteiger charge is 2.17. The van der Waals surface area contributed by atoms with E-state index in [1.165, 1.54) is 4.80 Å². The molecule has 1 aromatic heterocycles. The molecule has 0 saturated heterocycles. The van der Waals surface area contributed by atoms with Crippen molar-refractivity contribution in [2.75, 3.05) is 0 Å². The first-order valence-electron chi connectivity index (χ1n) is 9.21. The molecule has 0 fully saturated rings. The average molecular weight is 363 g/mol. The normalized spacial score (nSPS) is 12.1. The van der Waals surface area contributed by atoms with Gasteiger partial charge in [0.2, 0.25) is 11.7 Å². The Balaban J connectivity index is 1.68. The molecule has 2 aromatic carbocycles. The molecule has 0 saturated carbocycles. The highest BCUT2D eigenvalue weighted by Crippen LogP contribution is 2.21. The number of benzene rings is 2. The maximum atomic E-state index is 12.6. The van der Waals surface area contributed by atoms with Gasteiger partial charge in [-0.05, 0) is 35.6 Å². The van der Waals surface area contributed by atoms with Gasteiger partial charge in [0.05, 0.1) is 6.04 Å². The van der Waals surface area contributed by atoms with Crippen LogP contribution in [-0.4, -0.2) is 26.1 Å². The molecular formula is C21H25N5O. The zero-order valence-corrected chi connectivity index (χ0v) is 16.0. The van der Waals surface area contributed by atoms with Crippen LogP contribution in [0.2, 0.25) is 0 Å². The quantitative estimate of drug-likeness (QED) is 0.697. The van der Waals surface area contributed by atoms with E-state index in [2.05, 4.69) is 34.6 Å². The predicted octanol–water partition coefficient (Wildman–Crippen LogP) is 3.55. The lowest BCUT2D eigenvalue weighted by Gasteiger charge is -2.21. The Morgan fingerprint density at radius 1 is 1.07 bits per heavy atom. The van der Waals surface area contributed by atoms with E-state index < -0.39 is 0 Å². The highest BCUT2D eigenvalue weighted by molar-refractivity contribution is 5.76. The van der Waals surface area contributed by atoms with E-state index >= 15 is 0 Å². The summed E-state index contributed by atoms with van der Waals surface area (Å²) in [4.78, 5) is 13.9. The van der Waals surface area contributed by atoms with Gasteiger partial charge in [0.25, 0.3) is 0 Å². The number of hydrogen-bond acceptors (Lipinski definition) is 4. The summed E-state index contributed by atoms with van der Waals surface area (Å²) in [5.41, 5.74) is 3.10. The van der Waals surface area contributed by atoms with E-state index in [-0.39, 0.29) is 18.5 Å². The van der Waals surface area contributed by atoms with Crippen molar-refractivity contribution in [3.63, 3.8) is 0 Å². The Labute approximate surface area is 159 Å². The Morgan fingerprint density at radius 2 is 1.78 bits per heavy atom. The van der Waals surface area contributed by atoms with Gasteiger partial charge < -0.3 is 5.32 Å².